The number of carbonyl (C=O) groups is 2. The van der Waals surface area contributed by atoms with E-state index in [9.17, 15) is 9.59 Å². The fourth-order valence-electron chi connectivity index (χ4n) is 2.35. The lowest BCUT2D eigenvalue weighted by atomic mass is 10.1. The van der Waals surface area contributed by atoms with Crippen molar-refractivity contribution in [2.45, 2.75) is 19.3 Å². The van der Waals surface area contributed by atoms with Crippen LogP contribution in [0.15, 0.2) is 54.6 Å². The van der Waals surface area contributed by atoms with Gasteiger partial charge in [-0.2, -0.15) is 0 Å². The predicted molar refractivity (Wildman–Crippen MR) is 101 cm³/mol. The van der Waals surface area contributed by atoms with Crippen LogP contribution in [0.4, 0.5) is 0 Å². The lowest BCUT2D eigenvalue weighted by Crippen LogP contribution is -2.23. The molecule has 0 atom stereocenters. The summed E-state index contributed by atoms with van der Waals surface area (Å²) in [6.07, 6.45) is 2.16. The van der Waals surface area contributed by atoms with Gasteiger partial charge in [0, 0.05) is 6.42 Å². The lowest BCUT2D eigenvalue weighted by molar-refractivity contribution is -0.120. The van der Waals surface area contributed by atoms with E-state index in [2.05, 4.69) is 29.3 Å². The Morgan fingerprint density at radius 3 is 2.50 bits per heavy atom. The zero-order valence-corrected chi connectivity index (χ0v) is 14.5. The zero-order chi connectivity index (χ0) is 18.6. The maximum atomic E-state index is 11.7. The molecular formula is C21H22N2O3. The van der Waals surface area contributed by atoms with Crippen LogP contribution in [0.1, 0.15) is 28.8 Å². The van der Waals surface area contributed by atoms with E-state index in [-0.39, 0.29) is 19.1 Å². The van der Waals surface area contributed by atoms with Gasteiger partial charge in [-0.25, -0.2) is 0 Å². The Morgan fingerprint density at radius 2 is 1.73 bits per heavy atom. The van der Waals surface area contributed by atoms with Gasteiger partial charge in [0.25, 0.3) is 5.91 Å². The molecule has 3 N–H and O–H groups in total. The fraction of sp³-hybridized carbons (Fsp3) is 0.238. The third-order valence-electron chi connectivity index (χ3n) is 3.66. The van der Waals surface area contributed by atoms with Crippen LogP contribution in [0.2, 0.25) is 0 Å². The molecule has 0 fully saturated rings. The van der Waals surface area contributed by atoms with E-state index in [4.69, 9.17) is 10.5 Å². The van der Waals surface area contributed by atoms with Crippen molar-refractivity contribution >= 4 is 11.8 Å². The van der Waals surface area contributed by atoms with E-state index in [1.165, 1.54) is 5.56 Å². The number of primary amides is 1. The van der Waals surface area contributed by atoms with E-state index < -0.39 is 5.91 Å². The summed E-state index contributed by atoms with van der Waals surface area (Å²) >= 11 is 0. The molecule has 2 rings (SSSR count). The second-order valence-corrected chi connectivity index (χ2v) is 5.62. The molecule has 0 saturated heterocycles. The monoisotopic (exact) mass is 350 g/mol. The second-order valence-electron chi connectivity index (χ2n) is 5.62. The van der Waals surface area contributed by atoms with Crippen LogP contribution in [0.3, 0.4) is 0 Å². The number of aryl methyl sites for hydroxylation is 1. The third-order valence-corrected chi connectivity index (χ3v) is 3.66. The summed E-state index contributed by atoms with van der Waals surface area (Å²) < 4.78 is 5.43. The fourth-order valence-corrected chi connectivity index (χ4v) is 2.35. The second kappa shape index (κ2) is 10.6. The highest BCUT2D eigenvalue weighted by Crippen LogP contribution is 2.16. The molecule has 0 aliphatic heterocycles. The minimum atomic E-state index is -0.545. The van der Waals surface area contributed by atoms with Crippen LogP contribution in [0, 0.1) is 11.8 Å². The molecule has 2 aromatic carbocycles. The number of nitrogens with one attached hydrogen (secondary N) is 1. The number of nitrogens with two attached hydrogens (primary N) is 1. The van der Waals surface area contributed by atoms with Gasteiger partial charge >= 0.3 is 0 Å². The normalized spacial score (nSPS) is 9.69. The molecule has 0 heterocycles. The first-order valence-electron chi connectivity index (χ1n) is 8.45. The van der Waals surface area contributed by atoms with Crippen molar-refractivity contribution in [2.24, 2.45) is 5.73 Å². The van der Waals surface area contributed by atoms with Gasteiger partial charge in [-0.1, -0.05) is 54.3 Å². The van der Waals surface area contributed by atoms with Crippen molar-refractivity contribution in [3.8, 4) is 17.6 Å². The summed E-state index contributed by atoms with van der Waals surface area (Å²) in [5.74, 6) is 5.46. The highest BCUT2D eigenvalue weighted by Gasteiger charge is 2.07. The molecule has 2 amide bonds. The molecule has 0 bridgehead atoms. The quantitative estimate of drug-likeness (QED) is 0.717. The summed E-state index contributed by atoms with van der Waals surface area (Å²) in [6.45, 7) is 0.388. The molecule has 0 aliphatic carbocycles. The van der Waals surface area contributed by atoms with E-state index in [1.54, 1.807) is 24.3 Å². The largest absolute Gasteiger partial charge is 0.480 e. The number of rotatable bonds is 8. The number of amides is 2. The summed E-state index contributed by atoms with van der Waals surface area (Å²) in [7, 11) is 0. The number of para-hydroxylation sites is 1. The van der Waals surface area contributed by atoms with Crippen LogP contribution in [-0.2, 0) is 11.2 Å². The van der Waals surface area contributed by atoms with Gasteiger partial charge in [0.1, 0.15) is 12.4 Å². The van der Waals surface area contributed by atoms with Crippen molar-refractivity contribution in [2.75, 3.05) is 13.2 Å². The molecular weight excluding hydrogens is 328 g/mol. The van der Waals surface area contributed by atoms with Crippen molar-refractivity contribution in [1.29, 1.82) is 0 Å². The number of hydrogen-bond donors (Lipinski definition) is 2. The number of hydrogen-bond acceptors (Lipinski definition) is 3. The van der Waals surface area contributed by atoms with Crippen molar-refractivity contribution in [1.82, 2.24) is 5.32 Å². The van der Waals surface area contributed by atoms with Crippen molar-refractivity contribution in [3.63, 3.8) is 0 Å². The van der Waals surface area contributed by atoms with Crippen molar-refractivity contribution < 1.29 is 14.3 Å². The lowest BCUT2D eigenvalue weighted by Gasteiger charge is -2.05. The first-order chi connectivity index (χ1) is 12.7. The summed E-state index contributed by atoms with van der Waals surface area (Å²) in [5, 5.41) is 2.75. The molecule has 0 radical (unpaired) electrons. The Kier molecular flexibility index (Phi) is 7.75. The molecule has 0 spiro atoms. The molecule has 0 aromatic heterocycles. The van der Waals surface area contributed by atoms with E-state index in [0.29, 0.717) is 17.7 Å². The smallest absolute Gasteiger partial charge is 0.252 e. The molecule has 2 aromatic rings. The molecule has 0 aliphatic rings. The van der Waals surface area contributed by atoms with Gasteiger partial charge in [0.15, 0.2) is 0 Å². The maximum absolute atomic E-state index is 11.7. The zero-order valence-electron chi connectivity index (χ0n) is 14.5. The highest BCUT2D eigenvalue weighted by molar-refractivity contribution is 5.95. The van der Waals surface area contributed by atoms with E-state index >= 15 is 0 Å². The average molecular weight is 350 g/mol. The first-order valence-corrected chi connectivity index (χ1v) is 8.45. The average Bonchev–Trinajstić information content (AvgIpc) is 2.65. The Balaban J connectivity index is 1.63. The summed E-state index contributed by atoms with van der Waals surface area (Å²) in [5.41, 5.74) is 6.82. The van der Waals surface area contributed by atoms with Crippen LogP contribution in [0.5, 0.6) is 5.75 Å². The molecule has 5 nitrogen and oxygen atoms in total. The minimum absolute atomic E-state index is 0.0183. The Hall–Kier alpha value is -3.26. The number of ether oxygens (including phenoxy) is 1. The molecule has 5 heteroatoms. The van der Waals surface area contributed by atoms with Crippen molar-refractivity contribution in [3.05, 3.63) is 65.7 Å². The van der Waals surface area contributed by atoms with Gasteiger partial charge in [-0.3, -0.25) is 9.59 Å². The molecule has 26 heavy (non-hydrogen) atoms. The van der Waals surface area contributed by atoms with E-state index in [0.717, 1.165) is 12.8 Å². The van der Waals surface area contributed by atoms with Gasteiger partial charge in [0.2, 0.25) is 5.91 Å². The Labute approximate surface area is 153 Å². The van der Waals surface area contributed by atoms with Gasteiger partial charge < -0.3 is 15.8 Å². The topological polar surface area (TPSA) is 81.4 Å². The SMILES string of the molecule is NC(=O)c1ccccc1OCC#CCNC(=O)CCCc1ccccc1. The standard InChI is InChI=1S/C21H22N2O3/c22-21(25)18-12-4-5-13-19(18)26-16-7-6-15-23-20(24)14-8-11-17-9-2-1-3-10-17/h1-5,9-10,12-13H,8,11,14-16H2,(H2,22,25)(H,23,24). The predicted octanol–water partition coefficient (Wildman–Crippen LogP) is 2.31. The van der Waals surface area contributed by atoms with Crippen LogP contribution in [-0.4, -0.2) is 25.0 Å². The molecule has 0 saturated carbocycles. The van der Waals surface area contributed by atoms with E-state index in [1.807, 2.05) is 18.2 Å². The van der Waals surface area contributed by atoms with Gasteiger partial charge in [0.05, 0.1) is 12.1 Å². The van der Waals surface area contributed by atoms with Crippen LogP contribution in [0.25, 0.3) is 0 Å². The first kappa shape index (κ1) is 19.1. The molecule has 134 valence electrons. The Bertz CT molecular complexity index is 792. The summed E-state index contributed by atoms with van der Waals surface area (Å²) in [4.78, 5) is 23.0. The Morgan fingerprint density at radius 1 is 1.00 bits per heavy atom. The highest BCUT2D eigenvalue weighted by atomic mass is 16.5. The van der Waals surface area contributed by atoms with Crippen LogP contribution >= 0.6 is 0 Å². The van der Waals surface area contributed by atoms with Gasteiger partial charge in [-0.05, 0) is 30.5 Å². The maximum Gasteiger partial charge on any atom is 0.252 e. The van der Waals surface area contributed by atoms with Crippen LogP contribution < -0.4 is 15.8 Å². The number of carbonyl (C=O) groups excluding carboxylic acids is 2. The van der Waals surface area contributed by atoms with Gasteiger partial charge in [-0.15, -0.1) is 0 Å². The summed E-state index contributed by atoms with van der Waals surface area (Å²) in [6, 6.07) is 16.8. The third kappa shape index (κ3) is 6.70. The minimum Gasteiger partial charge on any atom is -0.480 e. The number of benzene rings is 2. The molecule has 0 unspecified atom stereocenters.